The van der Waals surface area contributed by atoms with E-state index in [1.54, 1.807) is 24.3 Å². The highest BCUT2D eigenvalue weighted by Crippen LogP contribution is 2.48. The number of halogens is 2. The van der Waals surface area contributed by atoms with E-state index >= 15 is 0 Å². The lowest BCUT2D eigenvalue weighted by Gasteiger charge is -2.26. The summed E-state index contributed by atoms with van der Waals surface area (Å²) < 4.78 is 29.8. The van der Waals surface area contributed by atoms with E-state index in [9.17, 15) is 8.78 Å². The van der Waals surface area contributed by atoms with Gasteiger partial charge in [0.05, 0.1) is 0 Å². The third-order valence-electron chi connectivity index (χ3n) is 15.1. The summed E-state index contributed by atoms with van der Waals surface area (Å²) in [6.45, 7) is 8.00. The summed E-state index contributed by atoms with van der Waals surface area (Å²) in [5.41, 5.74) is 14.1. The zero-order valence-corrected chi connectivity index (χ0v) is 41.6. The van der Waals surface area contributed by atoms with Gasteiger partial charge in [-0.05, 0) is 258 Å². The maximum atomic E-state index is 14.9. The minimum Gasteiger partial charge on any atom is -0.310 e. The molecule has 13 aromatic rings. The molecule has 0 spiro atoms. The van der Waals surface area contributed by atoms with Crippen LogP contribution in [0.25, 0.3) is 86.9 Å². The van der Waals surface area contributed by atoms with Crippen LogP contribution < -0.4 is 9.80 Å². The van der Waals surface area contributed by atoms with E-state index in [2.05, 4.69) is 216 Å². The Kier molecular flexibility index (Phi) is 10.8. The van der Waals surface area contributed by atoms with E-state index in [0.29, 0.717) is 0 Å². The van der Waals surface area contributed by atoms with Crippen LogP contribution in [0.3, 0.4) is 0 Å². The second-order valence-corrected chi connectivity index (χ2v) is 19.8. The first-order chi connectivity index (χ1) is 36.2. The third kappa shape index (κ3) is 7.52. The van der Waals surface area contributed by atoms with Gasteiger partial charge in [0.25, 0.3) is 0 Å². The fourth-order valence-electron chi connectivity index (χ4n) is 12.0. The molecular formula is C70H50F2N2. The van der Waals surface area contributed by atoms with Crippen molar-refractivity contribution in [3.05, 3.63) is 264 Å². The lowest BCUT2D eigenvalue weighted by atomic mass is 9.86. The van der Waals surface area contributed by atoms with Crippen LogP contribution in [0, 0.1) is 39.3 Å². The maximum absolute atomic E-state index is 14.9. The first kappa shape index (κ1) is 44.8. The molecule has 0 aliphatic carbocycles. The van der Waals surface area contributed by atoms with Crippen LogP contribution in [-0.4, -0.2) is 0 Å². The molecule has 0 bridgehead atoms. The molecule has 0 heterocycles. The van der Waals surface area contributed by atoms with Gasteiger partial charge in [-0.3, -0.25) is 0 Å². The van der Waals surface area contributed by atoms with Crippen LogP contribution in [0.4, 0.5) is 42.9 Å². The van der Waals surface area contributed by atoms with Crippen molar-refractivity contribution in [1.29, 1.82) is 0 Å². The molecule has 0 radical (unpaired) electrons. The largest absolute Gasteiger partial charge is 0.310 e. The van der Waals surface area contributed by atoms with Gasteiger partial charge in [0.1, 0.15) is 11.6 Å². The molecule has 0 fully saturated rings. The summed E-state index contributed by atoms with van der Waals surface area (Å²) >= 11 is 0. The van der Waals surface area contributed by atoms with Gasteiger partial charge in [-0.1, -0.05) is 109 Å². The minimum absolute atomic E-state index is 0.229. The molecule has 13 rings (SSSR count). The van der Waals surface area contributed by atoms with Crippen molar-refractivity contribution < 1.29 is 8.78 Å². The monoisotopic (exact) mass is 956 g/mol. The summed E-state index contributed by atoms with van der Waals surface area (Å²) in [6.07, 6.45) is 0. The molecule has 0 aliphatic rings. The zero-order chi connectivity index (χ0) is 50.2. The van der Waals surface area contributed by atoms with E-state index in [0.717, 1.165) is 143 Å². The molecule has 2 nitrogen and oxygen atoms in total. The first-order valence-corrected chi connectivity index (χ1v) is 25.3. The molecule has 0 unspecified atom stereocenters. The predicted molar refractivity (Wildman–Crippen MR) is 311 cm³/mol. The number of aryl methyl sites for hydroxylation is 4. The Bertz CT molecular complexity index is 3950. The van der Waals surface area contributed by atoms with Gasteiger partial charge in [-0.15, -0.1) is 0 Å². The van der Waals surface area contributed by atoms with Gasteiger partial charge in [-0.25, -0.2) is 8.78 Å². The number of fused-ring (bicyclic) bond motifs is 12. The van der Waals surface area contributed by atoms with Gasteiger partial charge in [0.2, 0.25) is 0 Å². The van der Waals surface area contributed by atoms with Crippen molar-refractivity contribution in [2.75, 3.05) is 9.80 Å². The fraction of sp³-hybridized carbons (Fsp3) is 0.0571. The van der Waals surface area contributed by atoms with Crippen LogP contribution in [0.2, 0.25) is 0 Å². The molecule has 0 aromatic heterocycles. The first-order valence-electron chi connectivity index (χ1n) is 25.3. The van der Waals surface area contributed by atoms with E-state index in [4.69, 9.17) is 0 Å². The summed E-state index contributed by atoms with van der Waals surface area (Å²) in [5, 5.41) is 13.6. The van der Waals surface area contributed by atoms with Crippen molar-refractivity contribution in [2.24, 2.45) is 0 Å². The van der Waals surface area contributed by atoms with Crippen LogP contribution in [0.15, 0.2) is 231 Å². The second-order valence-electron chi connectivity index (χ2n) is 19.8. The normalized spacial score (nSPS) is 11.6. The van der Waals surface area contributed by atoms with Crippen molar-refractivity contribution >= 4 is 98.8 Å². The highest BCUT2D eigenvalue weighted by atomic mass is 19.1. The topological polar surface area (TPSA) is 6.48 Å². The van der Waals surface area contributed by atoms with Crippen molar-refractivity contribution in [1.82, 2.24) is 0 Å². The van der Waals surface area contributed by atoms with Crippen molar-refractivity contribution in [3.8, 4) is 22.3 Å². The molecule has 0 saturated heterocycles. The summed E-state index contributed by atoms with van der Waals surface area (Å²) in [4.78, 5) is 4.64. The Labute approximate surface area is 429 Å². The number of hydrogen-bond acceptors (Lipinski definition) is 2. The number of anilines is 6. The van der Waals surface area contributed by atoms with Crippen molar-refractivity contribution in [2.45, 2.75) is 27.7 Å². The predicted octanol–water partition coefficient (Wildman–Crippen LogP) is 20.4. The molecular weight excluding hydrogens is 907 g/mol. The highest BCUT2D eigenvalue weighted by molar-refractivity contribution is 6.34. The Morgan fingerprint density at radius 1 is 0.230 bits per heavy atom. The number of nitrogens with zero attached hydrogens (tertiary/aromatic N) is 2. The number of hydrogen-bond donors (Lipinski definition) is 0. The van der Waals surface area contributed by atoms with E-state index in [-0.39, 0.29) is 11.6 Å². The average Bonchev–Trinajstić information content (AvgIpc) is 3.42. The van der Waals surface area contributed by atoms with Crippen molar-refractivity contribution in [3.63, 3.8) is 0 Å². The number of benzene rings is 13. The summed E-state index contributed by atoms with van der Waals surface area (Å²) in [6, 6.07) is 80.9. The summed E-state index contributed by atoms with van der Waals surface area (Å²) in [7, 11) is 0. The van der Waals surface area contributed by atoms with Gasteiger partial charge in [-0.2, -0.15) is 0 Å². The average molecular weight is 957 g/mol. The summed E-state index contributed by atoms with van der Waals surface area (Å²) in [5.74, 6) is -0.459. The third-order valence-corrected chi connectivity index (χ3v) is 15.1. The van der Waals surface area contributed by atoms with Crippen LogP contribution in [-0.2, 0) is 0 Å². The highest BCUT2D eigenvalue weighted by Gasteiger charge is 2.21. The zero-order valence-electron chi connectivity index (χ0n) is 41.6. The van der Waals surface area contributed by atoms with E-state index in [1.807, 2.05) is 27.7 Å². The van der Waals surface area contributed by atoms with Gasteiger partial charge >= 0.3 is 0 Å². The van der Waals surface area contributed by atoms with E-state index < -0.39 is 0 Å². The number of para-hydroxylation sites is 4. The minimum atomic E-state index is -0.229. The Balaban J connectivity index is 1.15. The van der Waals surface area contributed by atoms with Gasteiger partial charge in [0, 0.05) is 34.1 Å². The van der Waals surface area contributed by atoms with Gasteiger partial charge < -0.3 is 9.80 Å². The molecule has 0 saturated carbocycles. The molecule has 354 valence electrons. The smallest absolute Gasteiger partial charge is 0.123 e. The maximum Gasteiger partial charge on any atom is 0.123 e. The molecule has 0 amide bonds. The molecule has 0 atom stereocenters. The molecule has 74 heavy (non-hydrogen) atoms. The van der Waals surface area contributed by atoms with Crippen LogP contribution >= 0.6 is 0 Å². The molecule has 0 N–H and O–H groups in total. The second kappa shape index (κ2) is 17.9. The van der Waals surface area contributed by atoms with Crippen LogP contribution in [0.1, 0.15) is 22.3 Å². The lowest BCUT2D eigenvalue weighted by Crippen LogP contribution is -2.09. The Morgan fingerprint density at radius 2 is 0.486 bits per heavy atom. The fourth-order valence-corrected chi connectivity index (χ4v) is 12.0. The number of rotatable bonds is 8. The van der Waals surface area contributed by atoms with Gasteiger partial charge in [0.15, 0.2) is 0 Å². The van der Waals surface area contributed by atoms with Crippen LogP contribution in [0.5, 0.6) is 0 Å². The SMILES string of the molecule is Cc1cc(F)cc(C)c1-c1ccc2c(c1)c1cc3c4ccc(N(c5ccccc5)c5ccccc5)cc4c4ccc(-c5c(C)cc(F)cc5C)cc4c3cc1c1ccc(N(c3ccccc3)c3ccccc3)cc21. The standard InChI is InChI=1S/C70H50F2N2/c1-43-33-49(71)34-44(2)69(43)47-25-29-57-61(37-47)67-41-66-60-32-28-56(74(53-21-13-7-14-22-53)54-23-15-8-16-24-54)40-64(60)58-30-26-48(70-45(3)35-50(72)36-46(70)4)38-62(58)68(66)42-65(67)59-31-27-55(39-63(57)59)73(51-17-9-5-10-18-51)52-19-11-6-12-20-52/h5-42H,1-4H3. The Hall–Kier alpha value is -9.12. The van der Waals surface area contributed by atoms with E-state index in [1.165, 1.54) is 0 Å². The molecule has 4 heteroatoms. The Morgan fingerprint density at radius 3 is 0.797 bits per heavy atom. The lowest BCUT2D eigenvalue weighted by molar-refractivity contribution is 0.625. The molecule has 13 aromatic carbocycles. The molecule has 0 aliphatic heterocycles. The quantitative estimate of drug-likeness (QED) is 0.111.